The molecule has 0 saturated carbocycles. The third-order valence-electron chi connectivity index (χ3n) is 3.86. The van der Waals surface area contributed by atoms with Crippen molar-refractivity contribution in [3.05, 3.63) is 59.4 Å². The van der Waals surface area contributed by atoms with Crippen LogP contribution in [0.1, 0.15) is 24.5 Å². The molecule has 2 rings (SSSR count). The molecule has 0 unspecified atom stereocenters. The Kier molecular flexibility index (Phi) is 13.7. The SMILES string of the molecule is CCNCCCNCc1ccc(OCc2ccccc2F)c(OC)c1.Cl.Cl. The smallest absolute Gasteiger partial charge is 0.161 e. The van der Waals surface area contributed by atoms with Gasteiger partial charge in [0, 0.05) is 12.1 Å². The molecular weight excluding hydrogens is 390 g/mol. The molecule has 7 heteroatoms. The zero-order valence-electron chi connectivity index (χ0n) is 15.8. The van der Waals surface area contributed by atoms with Crippen molar-refractivity contribution in [2.45, 2.75) is 26.5 Å². The van der Waals surface area contributed by atoms with Crippen LogP contribution < -0.4 is 20.1 Å². The van der Waals surface area contributed by atoms with E-state index in [0.29, 0.717) is 17.1 Å². The molecule has 0 saturated heterocycles. The van der Waals surface area contributed by atoms with Crippen molar-refractivity contribution in [1.82, 2.24) is 10.6 Å². The molecule has 0 bridgehead atoms. The van der Waals surface area contributed by atoms with Crippen molar-refractivity contribution >= 4 is 24.8 Å². The van der Waals surface area contributed by atoms with Crippen LogP contribution in [0.15, 0.2) is 42.5 Å². The largest absolute Gasteiger partial charge is 0.493 e. The van der Waals surface area contributed by atoms with Gasteiger partial charge in [0.2, 0.25) is 0 Å². The number of halogens is 3. The van der Waals surface area contributed by atoms with E-state index < -0.39 is 0 Å². The number of rotatable bonds is 11. The quantitative estimate of drug-likeness (QED) is 0.532. The number of hydrogen-bond donors (Lipinski definition) is 2. The van der Waals surface area contributed by atoms with E-state index in [-0.39, 0.29) is 37.2 Å². The number of hydrogen-bond acceptors (Lipinski definition) is 4. The fraction of sp³-hybridized carbons (Fsp3) is 0.400. The molecule has 0 amide bonds. The zero-order chi connectivity index (χ0) is 17.9. The van der Waals surface area contributed by atoms with Crippen LogP contribution in [0, 0.1) is 5.82 Å². The molecule has 2 aromatic rings. The summed E-state index contributed by atoms with van der Waals surface area (Å²) < 4.78 is 24.8. The third kappa shape index (κ3) is 8.80. The predicted octanol–water partition coefficient (Wildman–Crippen LogP) is 4.35. The molecule has 0 aliphatic heterocycles. The van der Waals surface area contributed by atoms with Crippen LogP contribution in [-0.2, 0) is 13.2 Å². The lowest BCUT2D eigenvalue weighted by molar-refractivity contribution is 0.279. The molecule has 0 aliphatic rings. The van der Waals surface area contributed by atoms with Crippen molar-refractivity contribution in [3.63, 3.8) is 0 Å². The number of benzene rings is 2. The lowest BCUT2D eigenvalue weighted by Crippen LogP contribution is -2.21. The maximum absolute atomic E-state index is 13.7. The topological polar surface area (TPSA) is 42.5 Å². The van der Waals surface area contributed by atoms with Gasteiger partial charge in [-0.25, -0.2) is 4.39 Å². The fourth-order valence-corrected chi connectivity index (χ4v) is 2.46. The van der Waals surface area contributed by atoms with Crippen molar-refractivity contribution in [2.75, 3.05) is 26.7 Å². The first-order valence-electron chi connectivity index (χ1n) is 8.69. The average molecular weight is 419 g/mol. The van der Waals surface area contributed by atoms with Gasteiger partial charge in [-0.15, -0.1) is 24.8 Å². The molecule has 0 heterocycles. The highest BCUT2D eigenvalue weighted by atomic mass is 35.5. The lowest BCUT2D eigenvalue weighted by Gasteiger charge is -2.13. The van der Waals surface area contributed by atoms with E-state index in [0.717, 1.165) is 38.2 Å². The highest BCUT2D eigenvalue weighted by molar-refractivity contribution is 5.85. The number of nitrogens with one attached hydrogen (secondary N) is 2. The van der Waals surface area contributed by atoms with Gasteiger partial charge in [0.05, 0.1) is 7.11 Å². The Bertz CT molecular complexity index is 660. The Morgan fingerprint density at radius 3 is 2.41 bits per heavy atom. The molecule has 0 aromatic heterocycles. The second-order valence-electron chi connectivity index (χ2n) is 5.75. The summed E-state index contributed by atoms with van der Waals surface area (Å²) in [6.07, 6.45) is 1.09. The molecule has 0 spiro atoms. The number of methoxy groups -OCH3 is 1. The molecule has 0 aliphatic carbocycles. The average Bonchev–Trinajstić information content (AvgIpc) is 2.64. The fourth-order valence-electron chi connectivity index (χ4n) is 2.46. The highest BCUT2D eigenvalue weighted by Crippen LogP contribution is 2.29. The van der Waals surface area contributed by atoms with Gasteiger partial charge in [0.1, 0.15) is 12.4 Å². The van der Waals surface area contributed by atoms with Crippen molar-refractivity contribution in [1.29, 1.82) is 0 Å². The summed E-state index contributed by atoms with van der Waals surface area (Å²) in [6, 6.07) is 12.4. The second kappa shape index (κ2) is 14.5. The minimum absolute atomic E-state index is 0. The van der Waals surface area contributed by atoms with Gasteiger partial charge in [-0.3, -0.25) is 0 Å². The van der Waals surface area contributed by atoms with E-state index in [4.69, 9.17) is 9.47 Å². The van der Waals surface area contributed by atoms with Gasteiger partial charge < -0.3 is 20.1 Å². The highest BCUT2D eigenvalue weighted by Gasteiger charge is 2.08. The van der Waals surface area contributed by atoms with Crippen molar-refractivity contribution in [2.24, 2.45) is 0 Å². The molecule has 0 atom stereocenters. The van der Waals surface area contributed by atoms with Crippen molar-refractivity contribution < 1.29 is 13.9 Å². The normalized spacial score (nSPS) is 9.89. The van der Waals surface area contributed by atoms with Crippen LogP contribution in [-0.4, -0.2) is 26.7 Å². The molecule has 152 valence electrons. The first-order chi connectivity index (χ1) is 12.2. The van der Waals surface area contributed by atoms with Crippen LogP contribution >= 0.6 is 24.8 Å². The van der Waals surface area contributed by atoms with Gasteiger partial charge in [0.25, 0.3) is 0 Å². The Hall–Kier alpha value is -1.53. The van der Waals surface area contributed by atoms with Crippen LogP contribution in [0.4, 0.5) is 4.39 Å². The molecule has 0 radical (unpaired) electrons. The Balaban J connectivity index is 0.00000338. The van der Waals surface area contributed by atoms with E-state index in [1.807, 2.05) is 18.2 Å². The second-order valence-corrected chi connectivity index (χ2v) is 5.75. The standard InChI is InChI=1S/C20H27FN2O2.2ClH/c1-3-22-11-6-12-23-14-16-9-10-19(20(13-16)24-2)25-15-17-7-4-5-8-18(17)21;;/h4-5,7-10,13,22-23H,3,6,11-12,14-15H2,1-2H3;2*1H. The van der Waals surface area contributed by atoms with Crippen LogP contribution in [0.5, 0.6) is 11.5 Å². The van der Waals surface area contributed by atoms with Gasteiger partial charge in [-0.1, -0.05) is 31.2 Å². The van der Waals surface area contributed by atoms with Crippen LogP contribution in [0.2, 0.25) is 0 Å². The summed E-state index contributed by atoms with van der Waals surface area (Å²) in [6.45, 7) is 6.04. The van der Waals surface area contributed by atoms with Gasteiger partial charge in [-0.2, -0.15) is 0 Å². The summed E-state index contributed by atoms with van der Waals surface area (Å²) in [7, 11) is 1.61. The minimum Gasteiger partial charge on any atom is -0.493 e. The molecule has 0 fully saturated rings. The monoisotopic (exact) mass is 418 g/mol. The minimum atomic E-state index is -0.264. The molecule has 4 nitrogen and oxygen atoms in total. The lowest BCUT2D eigenvalue weighted by atomic mass is 10.2. The molecular formula is C20H29Cl2FN2O2. The molecule has 27 heavy (non-hydrogen) atoms. The summed E-state index contributed by atoms with van der Waals surface area (Å²) >= 11 is 0. The molecule has 2 N–H and O–H groups in total. The van der Waals surface area contributed by atoms with Gasteiger partial charge in [-0.05, 0) is 49.8 Å². The third-order valence-corrected chi connectivity index (χ3v) is 3.86. The summed E-state index contributed by atoms with van der Waals surface area (Å²) in [5.74, 6) is 1.00. The maximum atomic E-state index is 13.7. The summed E-state index contributed by atoms with van der Waals surface area (Å²) in [5.41, 5.74) is 1.65. The Morgan fingerprint density at radius 1 is 0.963 bits per heavy atom. The first-order valence-corrected chi connectivity index (χ1v) is 8.69. The van der Waals surface area contributed by atoms with Gasteiger partial charge >= 0.3 is 0 Å². The van der Waals surface area contributed by atoms with Crippen LogP contribution in [0.25, 0.3) is 0 Å². The van der Waals surface area contributed by atoms with E-state index in [1.54, 1.807) is 25.3 Å². The first kappa shape index (κ1) is 25.5. The maximum Gasteiger partial charge on any atom is 0.161 e. The summed E-state index contributed by atoms with van der Waals surface area (Å²) in [5, 5.41) is 6.71. The van der Waals surface area contributed by atoms with Crippen molar-refractivity contribution in [3.8, 4) is 11.5 Å². The zero-order valence-corrected chi connectivity index (χ0v) is 17.4. The van der Waals surface area contributed by atoms with E-state index in [9.17, 15) is 4.39 Å². The van der Waals surface area contributed by atoms with E-state index in [1.165, 1.54) is 6.07 Å². The number of ether oxygens (including phenoxy) is 2. The van der Waals surface area contributed by atoms with E-state index >= 15 is 0 Å². The van der Waals surface area contributed by atoms with E-state index in [2.05, 4.69) is 17.6 Å². The van der Waals surface area contributed by atoms with Crippen LogP contribution in [0.3, 0.4) is 0 Å². The summed E-state index contributed by atoms with van der Waals surface area (Å²) in [4.78, 5) is 0. The Morgan fingerprint density at radius 2 is 1.70 bits per heavy atom. The van der Waals surface area contributed by atoms with Gasteiger partial charge in [0.15, 0.2) is 11.5 Å². The molecule has 2 aromatic carbocycles. The predicted molar refractivity (Wildman–Crippen MR) is 113 cm³/mol. The Labute approximate surface area is 173 Å².